The van der Waals surface area contributed by atoms with E-state index in [0.29, 0.717) is 13.2 Å². The Bertz CT molecular complexity index is 443. The van der Waals surface area contributed by atoms with Gasteiger partial charge in [-0.3, -0.25) is 4.84 Å². The Kier molecular flexibility index (Phi) is 2.22. The van der Waals surface area contributed by atoms with Gasteiger partial charge in [-0.25, -0.2) is 4.79 Å². The maximum atomic E-state index is 12.0. The predicted octanol–water partition coefficient (Wildman–Crippen LogP) is 2.16. The van der Waals surface area contributed by atoms with Gasteiger partial charge in [-0.2, -0.15) is 5.06 Å². The van der Waals surface area contributed by atoms with Gasteiger partial charge in [-0.1, -0.05) is 6.08 Å². The third-order valence-corrected chi connectivity index (χ3v) is 3.97. The summed E-state index contributed by atoms with van der Waals surface area (Å²) in [4.78, 5) is 20.5. The van der Waals surface area contributed by atoms with Crippen LogP contribution in [0.5, 0.6) is 0 Å². The molecule has 0 radical (unpaired) electrons. The molecule has 2 aliphatic rings. The van der Waals surface area contributed by atoms with Crippen LogP contribution in [-0.2, 0) is 11.4 Å². The van der Waals surface area contributed by atoms with Gasteiger partial charge in [0.05, 0.1) is 13.2 Å². The number of hydrogen-bond donors (Lipinski definition) is 0. The van der Waals surface area contributed by atoms with Gasteiger partial charge in [0.15, 0.2) is 0 Å². The summed E-state index contributed by atoms with van der Waals surface area (Å²) in [6.45, 7) is 5.41. The Morgan fingerprint density at radius 3 is 3.38 bits per heavy atom. The van der Waals surface area contributed by atoms with E-state index in [1.165, 1.54) is 15.5 Å². The lowest BCUT2D eigenvalue weighted by Gasteiger charge is -2.22. The van der Waals surface area contributed by atoms with Crippen molar-refractivity contribution in [1.29, 1.82) is 0 Å². The van der Waals surface area contributed by atoms with Crippen LogP contribution in [0, 0.1) is 0 Å². The molecule has 84 valence electrons. The lowest BCUT2D eigenvalue weighted by atomic mass is 10.1. The highest BCUT2D eigenvalue weighted by Gasteiger charge is 2.44. The molecule has 1 aromatic heterocycles. The Labute approximate surface area is 97.7 Å². The van der Waals surface area contributed by atoms with Crippen LogP contribution < -0.4 is 0 Å². The first-order valence-corrected chi connectivity index (χ1v) is 6.07. The Morgan fingerprint density at radius 1 is 1.69 bits per heavy atom. The van der Waals surface area contributed by atoms with E-state index in [0.717, 1.165) is 6.54 Å². The largest absolute Gasteiger partial charge is 0.345 e. The van der Waals surface area contributed by atoms with E-state index < -0.39 is 0 Å². The second-order valence-electron chi connectivity index (χ2n) is 3.90. The normalized spacial score (nSPS) is 22.5. The lowest BCUT2D eigenvalue weighted by Crippen LogP contribution is -2.30. The molecule has 0 saturated carbocycles. The monoisotopic (exact) mass is 236 g/mol. The molecule has 1 atom stereocenters. The number of carbonyl (C=O) groups excluding carboxylic acids is 1. The summed E-state index contributed by atoms with van der Waals surface area (Å²) in [6.07, 6.45) is 1.65. The SMILES string of the molecule is C=CCON1C(=O)N2Cc3ccsc3C1C2. The van der Waals surface area contributed by atoms with Gasteiger partial charge < -0.3 is 4.90 Å². The van der Waals surface area contributed by atoms with Crippen LogP contribution in [0.25, 0.3) is 0 Å². The molecular weight excluding hydrogens is 224 g/mol. The van der Waals surface area contributed by atoms with E-state index in [-0.39, 0.29) is 12.1 Å². The number of thiophene rings is 1. The first-order chi connectivity index (χ1) is 7.81. The minimum atomic E-state index is -0.0322. The van der Waals surface area contributed by atoms with Gasteiger partial charge in [0.1, 0.15) is 6.04 Å². The molecular formula is C11H12N2O2S. The zero-order valence-electron chi connectivity index (χ0n) is 8.76. The molecule has 0 aliphatic carbocycles. The molecule has 1 saturated heterocycles. The summed E-state index contributed by atoms with van der Waals surface area (Å²) in [5, 5.41) is 3.56. The lowest BCUT2D eigenvalue weighted by molar-refractivity contribution is -0.118. The Morgan fingerprint density at radius 2 is 2.56 bits per heavy atom. The molecule has 0 N–H and O–H groups in total. The van der Waals surface area contributed by atoms with E-state index in [9.17, 15) is 4.79 Å². The van der Waals surface area contributed by atoms with Crippen molar-refractivity contribution in [1.82, 2.24) is 9.96 Å². The van der Waals surface area contributed by atoms with Crippen molar-refractivity contribution in [2.45, 2.75) is 12.6 Å². The third kappa shape index (κ3) is 1.28. The summed E-state index contributed by atoms with van der Waals surface area (Å²) < 4.78 is 0. The number of nitrogens with zero attached hydrogens (tertiary/aromatic N) is 2. The highest BCUT2D eigenvalue weighted by molar-refractivity contribution is 7.10. The summed E-state index contributed by atoms with van der Waals surface area (Å²) >= 11 is 1.70. The smallest absolute Gasteiger partial charge is 0.316 e. The molecule has 4 nitrogen and oxygen atoms in total. The van der Waals surface area contributed by atoms with E-state index in [1.54, 1.807) is 17.4 Å². The maximum Gasteiger partial charge on any atom is 0.345 e. The van der Waals surface area contributed by atoms with Crippen LogP contribution in [0.2, 0.25) is 0 Å². The van der Waals surface area contributed by atoms with Crippen LogP contribution in [0.4, 0.5) is 4.79 Å². The standard InChI is InChI=1S/C11H12N2O2S/c1-2-4-15-13-9-7-12(11(13)14)6-8-3-5-16-10(8)9/h2-3,5,9H,1,4,6-7H2. The van der Waals surface area contributed by atoms with Crippen molar-refractivity contribution in [3.05, 3.63) is 34.5 Å². The number of urea groups is 1. The van der Waals surface area contributed by atoms with Crippen molar-refractivity contribution < 1.29 is 9.63 Å². The average Bonchev–Trinajstić information content (AvgIpc) is 2.84. The van der Waals surface area contributed by atoms with Crippen LogP contribution in [-0.4, -0.2) is 29.1 Å². The van der Waals surface area contributed by atoms with Crippen LogP contribution in [0.3, 0.4) is 0 Å². The maximum absolute atomic E-state index is 12.0. The molecule has 2 aliphatic heterocycles. The Balaban J connectivity index is 1.92. The number of hydroxylamine groups is 2. The van der Waals surface area contributed by atoms with Crippen molar-refractivity contribution in [2.75, 3.05) is 13.2 Å². The molecule has 0 aromatic carbocycles. The third-order valence-electron chi connectivity index (χ3n) is 2.91. The molecule has 0 spiro atoms. The minimum Gasteiger partial charge on any atom is -0.316 e. The van der Waals surface area contributed by atoms with Gasteiger partial charge in [0, 0.05) is 11.4 Å². The van der Waals surface area contributed by atoms with E-state index in [2.05, 4.69) is 18.0 Å². The molecule has 1 unspecified atom stereocenters. The molecule has 5 heteroatoms. The number of fused-ring (bicyclic) bond motifs is 4. The number of hydrogen-bond acceptors (Lipinski definition) is 3. The molecule has 1 fully saturated rings. The summed E-state index contributed by atoms with van der Waals surface area (Å²) in [5.74, 6) is 0. The zero-order chi connectivity index (χ0) is 11.1. The quantitative estimate of drug-likeness (QED) is 0.753. The van der Waals surface area contributed by atoms with Gasteiger partial charge in [-0.05, 0) is 17.0 Å². The van der Waals surface area contributed by atoms with Crippen LogP contribution in [0.1, 0.15) is 16.5 Å². The first-order valence-electron chi connectivity index (χ1n) is 5.19. The van der Waals surface area contributed by atoms with E-state index in [1.807, 2.05) is 4.90 Å². The molecule has 3 rings (SSSR count). The molecule has 3 heterocycles. The molecule has 2 amide bonds. The number of carbonyl (C=O) groups is 1. The predicted molar refractivity (Wildman–Crippen MR) is 60.9 cm³/mol. The van der Waals surface area contributed by atoms with Crippen molar-refractivity contribution in [2.24, 2.45) is 0 Å². The highest BCUT2D eigenvalue weighted by Crippen LogP contribution is 2.40. The second-order valence-corrected chi connectivity index (χ2v) is 4.85. The van der Waals surface area contributed by atoms with Gasteiger partial charge in [0.25, 0.3) is 0 Å². The van der Waals surface area contributed by atoms with Crippen molar-refractivity contribution in [3.8, 4) is 0 Å². The highest BCUT2D eigenvalue weighted by atomic mass is 32.1. The minimum absolute atomic E-state index is 0.0322. The summed E-state index contributed by atoms with van der Waals surface area (Å²) in [5.41, 5.74) is 1.25. The fourth-order valence-electron chi connectivity index (χ4n) is 2.21. The summed E-state index contributed by atoms with van der Waals surface area (Å²) in [6, 6.07) is 2.12. The molecule has 2 bridgehead atoms. The fraction of sp³-hybridized carbons (Fsp3) is 0.364. The van der Waals surface area contributed by atoms with Crippen molar-refractivity contribution in [3.63, 3.8) is 0 Å². The topological polar surface area (TPSA) is 32.8 Å². The first kappa shape index (κ1) is 9.86. The van der Waals surface area contributed by atoms with Crippen molar-refractivity contribution >= 4 is 17.4 Å². The average molecular weight is 236 g/mol. The summed E-state index contributed by atoms with van der Waals surface area (Å²) in [7, 11) is 0. The van der Waals surface area contributed by atoms with E-state index >= 15 is 0 Å². The van der Waals surface area contributed by atoms with Gasteiger partial charge >= 0.3 is 6.03 Å². The Hall–Kier alpha value is -1.33. The fourth-order valence-corrected chi connectivity index (χ4v) is 3.20. The van der Waals surface area contributed by atoms with Crippen LogP contribution in [0.15, 0.2) is 24.1 Å². The van der Waals surface area contributed by atoms with Gasteiger partial charge in [-0.15, -0.1) is 17.9 Å². The molecule has 16 heavy (non-hydrogen) atoms. The number of amides is 2. The van der Waals surface area contributed by atoms with E-state index in [4.69, 9.17) is 4.84 Å². The molecule has 1 aromatic rings. The van der Waals surface area contributed by atoms with Crippen LogP contribution >= 0.6 is 11.3 Å². The second kappa shape index (κ2) is 3.61. The number of rotatable bonds is 3. The van der Waals surface area contributed by atoms with Gasteiger partial charge in [0.2, 0.25) is 0 Å². The zero-order valence-corrected chi connectivity index (χ0v) is 9.57.